The number of azo groups is 1. The number of nitrogens with zero attached hydrogens (tertiary/aromatic N) is 5. The minimum atomic E-state index is -0.525. The van der Waals surface area contributed by atoms with E-state index in [4.69, 9.17) is 4.74 Å². The fraction of sp³-hybridized carbons (Fsp3) is 0.269. The van der Waals surface area contributed by atoms with Gasteiger partial charge in [-0.25, -0.2) is 0 Å². The van der Waals surface area contributed by atoms with Crippen LogP contribution in [0.15, 0.2) is 77.0 Å². The first-order chi connectivity index (χ1) is 16.6. The third-order valence-electron chi connectivity index (χ3n) is 6.20. The van der Waals surface area contributed by atoms with Crippen molar-refractivity contribution in [1.82, 2.24) is 14.4 Å². The molecule has 1 aromatic heterocycles. The highest BCUT2D eigenvalue weighted by Gasteiger charge is 2.20. The highest BCUT2D eigenvalue weighted by atomic mass is 16.5. The van der Waals surface area contributed by atoms with E-state index in [-0.39, 0.29) is 12.5 Å². The summed E-state index contributed by atoms with van der Waals surface area (Å²) in [4.78, 5) is 16.9. The van der Waals surface area contributed by atoms with Crippen LogP contribution in [0.4, 0.5) is 5.69 Å². The first-order valence-electron chi connectivity index (χ1n) is 11.4. The molecule has 1 aliphatic rings. The second-order valence-corrected chi connectivity index (χ2v) is 8.57. The second-order valence-electron chi connectivity index (χ2n) is 8.57. The summed E-state index contributed by atoms with van der Waals surface area (Å²) >= 11 is 0. The van der Waals surface area contributed by atoms with Gasteiger partial charge in [-0.15, -0.1) is 10.2 Å². The van der Waals surface area contributed by atoms with Gasteiger partial charge in [-0.2, -0.15) is 0 Å². The number of para-hydroxylation sites is 1. The maximum Gasteiger partial charge on any atom is 0.302 e. The van der Waals surface area contributed by atoms with Gasteiger partial charge in [0, 0.05) is 31.6 Å². The van der Waals surface area contributed by atoms with Crippen LogP contribution in [0.1, 0.15) is 0 Å². The van der Waals surface area contributed by atoms with Crippen LogP contribution in [0.3, 0.4) is 0 Å². The minimum Gasteiger partial charge on any atom is -0.493 e. The molecule has 1 N–H and O–H groups in total. The van der Waals surface area contributed by atoms with Crippen molar-refractivity contribution >= 4 is 33.3 Å². The molecule has 0 unspecified atom stereocenters. The summed E-state index contributed by atoms with van der Waals surface area (Å²) in [5.41, 5.74) is 1.15. The first kappa shape index (κ1) is 22.1. The Bertz CT molecular complexity index is 1360. The molecule has 1 saturated heterocycles. The summed E-state index contributed by atoms with van der Waals surface area (Å²) in [5, 5.41) is 21.8. The Morgan fingerprint density at radius 1 is 0.971 bits per heavy atom. The number of hydrogen-bond donors (Lipinski definition) is 1. The largest absolute Gasteiger partial charge is 0.493 e. The molecule has 34 heavy (non-hydrogen) atoms. The minimum absolute atomic E-state index is 0.00660. The molecule has 4 aromatic rings. The van der Waals surface area contributed by atoms with E-state index in [9.17, 15) is 9.90 Å². The number of benzene rings is 3. The molecule has 3 aromatic carbocycles. The van der Waals surface area contributed by atoms with E-state index in [1.807, 2.05) is 71.3 Å². The third-order valence-corrected chi connectivity index (χ3v) is 6.20. The first-order valence-corrected chi connectivity index (χ1v) is 11.4. The lowest BCUT2D eigenvalue weighted by molar-refractivity contribution is -0.120. The SMILES string of the molecule is CN1CCN(Cn2c(O)c(N=NC(=O)COc3ccc4ccccc4c3)c3ccccc32)CC1. The Morgan fingerprint density at radius 3 is 2.53 bits per heavy atom. The molecule has 2 heterocycles. The number of likely N-dealkylation sites (N-methyl/N-ethyl adjacent to an activating group) is 1. The summed E-state index contributed by atoms with van der Waals surface area (Å²) in [6.45, 7) is 4.13. The maximum absolute atomic E-state index is 12.4. The van der Waals surface area contributed by atoms with Gasteiger partial charge in [0.2, 0.25) is 5.88 Å². The summed E-state index contributed by atoms with van der Waals surface area (Å²) in [6, 6.07) is 21.2. The molecule has 1 aliphatic heterocycles. The Hall–Kier alpha value is -3.75. The highest BCUT2D eigenvalue weighted by molar-refractivity contribution is 5.95. The van der Waals surface area contributed by atoms with Gasteiger partial charge >= 0.3 is 5.91 Å². The Kier molecular flexibility index (Phi) is 6.24. The molecule has 0 spiro atoms. The van der Waals surface area contributed by atoms with E-state index in [1.165, 1.54) is 0 Å². The normalized spacial score (nSPS) is 15.4. The number of carbonyl (C=O) groups excluding carboxylic acids is 1. The Labute approximate surface area is 197 Å². The lowest BCUT2D eigenvalue weighted by Crippen LogP contribution is -2.44. The molecule has 1 fully saturated rings. The number of amides is 1. The second kappa shape index (κ2) is 9.62. The van der Waals surface area contributed by atoms with Crippen LogP contribution in [0, 0.1) is 0 Å². The van der Waals surface area contributed by atoms with E-state index in [2.05, 4.69) is 27.1 Å². The Balaban J connectivity index is 1.30. The van der Waals surface area contributed by atoms with Crippen molar-refractivity contribution in [3.8, 4) is 11.6 Å². The van der Waals surface area contributed by atoms with Crippen molar-refractivity contribution in [2.75, 3.05) is 39.8 Å². The van der Waals surface area contributed by atoms with Gasteiger partial charge in [0.25, 0.3) is 0 Å². The van der Waals surface area contributed by atoms with E-state index >= 15 is 0 Å². The molecule has 174 valence electrons. The van der Waals surface area contributed by atoms with Crippen molar-refractivity contribution < 1.29 is 14.6 Å². The molecule has 0 aliphatic carbocycles. The molecule has 0 saturated carbocycles. The van der Waals surface area contributed by atoms with Gasteiger partial charge < -0.3 is 14.7 Å². The van der Waals surface area contributed by atoms with Crippen LogP contribution in [-0.4, -0.2) is 65.2 Å². The van der Waals surface area contributed by atoms with Crippen molar-refractivity contribution in [3.05, 3.63) is 66.7 Å². The fourth-order valence-electron chi connectivity index (χ4n) is 4.24. The standard InChI is InChI=1S/C26H27N5O3/c1-29-12-14-30(15-13-29)18-31-23-9-5-4-8-22(23)25(26(31)33)28-27-24(32)17-34-21-11-10-19-6-2-3-7-20(19)16-21/h2-11,16,33H,12-15,17-18H2,1H3. The average Bonchev–Trinajstić information content (AvgIpc) is 3.13. The van der Waals surface area contributed by atoms with Gasteiger partial charge in [0.1, 0.15) is 5.75 Å². The van der Waals surface area contributed by atoms with Gasteiger partial charge in [-0.3, -0.25) is 14.3 Å². The molecule has 0 bridgehead atoms. The smallest absolute Gasteiger partial charge is 0.302 e. The third kappa shape index (κ3) is 4.64. The van der Waals surface area contributed by atoms with Crippen LogP contribution < -0.4 is 4.74 Å². The predicted molar refractivity (Wildman–Crippen MR) is 132 cm³/mol. The van der Waals surface area contributed by atoms with Crippen LogP contribution in [0.25, 0.3) is 21.7 Å². The van der Waals surface area contributed by atoms with Crippen molar-refractivity contribution in [2.45, 2.75) is 6.67 Å². The highest BCUT2D eigenvalue weighted by Crippen LogP contribution is 2.39. The fourth-order valence-corrected chi connectivity index (χ4v) is 4.24. The summed E-state index contributed by atoms with van der Waals surface area (Å²) in [6.07, 6.45) is 0. The predicted octanol–water partition coefficient (Wildman–Crippen LogP) is 4.39. The Morgan fingerprint density at radius 2 is 1.71 bits per heavy atom. The molecule has 5 rings (SSSR count). The zero-order valence-electron chi connectivity index (χ0n) is 19.1. The van der Waals surface area contributed by atoms with Crippen molar-refractivity contribution in [1.29, 1.82) is 0 Å². The van der Waals surface area contributed by atoms with Crippen LogP contribution in [-0.2, 0) is 11.5 Å². The number of piperazine rings is 1. The van der Waals surface area contributed by atoms with Crippen molar-refractivity contribution in [2.24, 2.45) is 10.2 Å². The van der Waals surface area contributed by atoms with E-state index in [0.717, 1.165) is 47.9 Å². The summed E-state index contributed by atoms with van der Waals surface area (Å²) in [7, 11) is 2.11. The van der Waals surface area contributed by atoms with Gasteiger partial charge in [0.15, 0.2) is 12.3 Å². The van der Waals surface area contributed by atoms with E-state index < -0.39 is 5.91 Å². The van der Waals surface area contributed by atoms with Crippen LogP contribution >= 0.6 is 0 Å². The zero-order chi connectivity index (χ0) is 23.5. The van der Waals surface area contributed by atoms with Gasteiger partial charge in [-0.1, -0.05) is 48.5 Å². The van der Waals surface area contributed by atoms with E-state index in [0.29, 0.717) is 18.1 Å². The quantitative estimate of drug-likeness (QED) is 0.434. The topological polar surface area (TPSA) is 82.7 Å². The van der Waals surface area contributed by atoms with Gasteiger partial charge in [0.05, 0.1) is 12.2 Å². The number of aromatic hydroxyl groups is 1. The summed E-state index contributed by atoms with van der Waals surface area (Å²) < 4.78 is 7.44. The molecule has 8 nitrogen and oxygen atoms in total. The number of rotatable bonds is 6. The number of aromatic nitrogens is 1. The summed E-state index contributed by atoms with van der Waals surface area (Å²) in [5.74, 6) is 0.0736. The molecular formula is C26H27N5O3. The number of fused-ring (bicyclic) bond motifs is 2. The molecule has 1 amide bonds. The van der Waals surface area contributed by atoms with Crippen LogP contribution in [0.5, 0.6) is 11.6 Å². The lowest BCUT2D eigenvalue weighted by atomic mass is 10.1. The molecule has 8 heteroatoms. The molecule has 0 atom stereocenters. The lowest BCUT2D eigenvalue weighted by Gasteiger charge is -2.32. The zero-order valence-corrected chi connectivity index (χ0v) is 19.1. The molecular weight excluding hydrogens is 430 g/mol. The number of hydrogen-bond acceptors (Lipinski definition) is 6. The van der Waals surface area contributed by atoms with Crippen LogP contribution in [0.2, 0.25) is 0 Å². The average molecular weight is 458 g/mol. The van der Waals surface area contributed by atoms with E-state index in [1.54, 1.807) is 0 Å². The van der Waals surface area contributed by atoms with Crippen molar-refractivity contribution in [3.63, 3.8) is 0 Å². The number of ether oxygens (including phenoxy) is 1. The number of carbonyl (C=O) groups is 1. The maximum atomic E-state index is 12.4. The van der Waals surface area contributed by atoms with Gasteiger partial charge in [-0.05, 0) is 36.0 Å². The molecule has 0 radical (unpaired) electrons. The monoisotopic (exact) mass is 457 g/mol.